The Morgan fingerprint density at radius 3 is 2.63 bits per heavy atom. The zero-order chi connectivity index (χ0) is 21.3. The predicted octanol–water partition coefficient (Wildman–Crippen LogP) is 3.04. The van der Waals surface area contributed by atoms with Gasteiger partial charge in [0.15, 0.2) is 5.82 Å². The molecule has 156 valence electrons. The van der Waals surface area contributed by atoms with Gasteiger partial charge >= 0.3 is 11.9 Å². The SMILES string of the molecule is O=c1[nH]nc2c(NCCCNc3ccc(C(F)(F)F)cn3)nc3ccc(F)cc3n12. The molecule has 0 bridgehead atoms. The first-order valence-corrected chi connectivity index (χ1v) is 8.90. The van der Waals surface area contributed by atoms with Crippen LogP contribution in [0.25, 0.3) is 16.7 Å². The van der Waals surface area contributed by atoms with Crippen LogP contribution in [0.4, 0.5) is 29.2 Å². The number of hydrogen-bond donors (Lipinski definition) is 3. The van der Waals surface area contributed by atoms with Gasteiger partial charge in [-0.15, -0.1) is 5.10 Å². The Kier molecular flexibility index (Phi) is 4.98. The average Bonchev–Trinajstić information content (AvgIpc) is 3.10. The van der Waals surface area contributed by atoms with Gasteiger partial charge in [0.1, 0.15) is 11.6 Å². The van der Waals surface area contributed by atoms with Crippen LogP contribution >= 0.6 is 0 Å². The summed E-state index contributed by atoms with van der Waals surface area (Å²) in [7, 11) is 0. The van der Waals surface area contributed by atoms with Crippen molar-refractivity contribution in [3.8, 4) is 0 Å². The minimum Gasteiger partial charge on any atom is -0.370 e. The van der Waals surface area contributed by atoms with Gasteiger partial charge in [-0.05, 0) is 30.7 Å². The quantitative estimate of drug-likeness (QED) is 0.327. The lowest BCUT2D eigenvalue weighted by Gasteiger charge is -2.10. The van der Waals surface area contributed by atoms with Crippen LogP contribution in [0.1, 0.15) is 12.0 Å². The number of aromatic nitrogens is 5. The van der Waals surface area contributed by atoms with E-state index >= 15 is 0 Å². The van der Waals surface area contributed by atoms with E-state index in [0.29, 0.717) is 42.2 Å². The summed E-state index contributed by atoms with van der Waals surface area (Å²) in [5.41, 5.74) is -0.377. The van der Waals surface area contributed by atoms with Crippen LogP contribution in [0.2, 0.25) is 0 Å². The monoisotopic (exact) mass is 421 g/mol. The third kappa shape index (κ3) is 3.88. The van der Waals surface area contributed by atoms with Crippen molar-refractivity contribution in [2.45, 2.75) is 12.6 Å². The Morgan fingerprint density at radius 2 is 1.90 bits per heavy atom. The zero-order valence-corrected chi connectivity index (χ0v) is 15.3. The fourth-order valence-electron chi connectivity index (χ4n) is 2.92. The van der Waals surface area contributed by atoms with E-state index in [1.54, 1.807) is 0 Å². The summed E-state index contributed by atoms with van der Waals surface area (Å²) in [6.45, 7) is 0.873. The van der Waals surface area contributed by atoms with Crippen molar-refractivity contribution in [2.75, 3.05) is 23.7 Å². The zero-order valence-electron chi connectivity index (χ0n) is 15.3. The molecule has 0 amide bonds. The van der Waals surface area contributed by atoms with Crippen molar-refractivity contribution in [1.82, 2.24) is 24.6 Å². The molecule has 0 saturated heterocycles. The molecule has 0 aliphatic heterocycles. The number of halogens is 4. The fourth-order valence-corrected chi connectivity index (χ4v) is 2.92. The van der Waals surface area contributed by atoms with Crippen molar-refractivity contribution in [3.63, 3.8) is 0 Å². The molecule has 0 spiro atoms. The lowest BCUT2D eigenvalue weighted by Crippen LogP contribution is -2.14. The highest BCUT2D eigenvalue weighted by Gasteiger charge is 2.30. The van der Waals surface area contributed by atoms with E-state index < -0.39 is 23.2 Å². The normalized spacial score (nSPS) is 11.9. The van der Waals surface area contributed by atoms with Gasteiger partial charge in [-0.25, -0.2) is 28.7 Å². The van der Waals surface area contributed by atoms with E-state index in [2.05, 4.69) is 30.8 Å². The highest BCUT2D eigenvalue weighted by Crippen LogP contribution is 2.28. The Hall–Kier alpha value is -3.70. The summed E-state index contributed by atoms with van der Waals surface area (Å²) in [4.78, 5) is 20.2. The Balaban J connectivity index is 1.40. The van der Waals surface area contributed by atoms with Gasteiger partial charge in [0.2, 0.25) is 5.65 Å². The summed E-state index contributed by atoms with van der Waals surface area (Å²) >= 11 is 0. The third-order valence-corrected chi connectivity index (χ3v) is 4.34. The Bertz CT molecular complexity index is 1250. The summed E-state index contributed by atoms with van der Waals surface area (Å²) in [5, 5.41) is 12.3. The smallest absolute Gasteiger partial charge is 0.370 e. The maximum Gasteiger partial charge on any atom is 0.417 e. The molecular formula is C18H15F4N7O. The molecule has 4 aromatic rings. The highest BCUT2D eigenvalue weighted by atomic mass is 19.4. The van der Waals surface area contributed by atoms with Crippen molar-refractivity contribution in [3.05, 3.63) is 58.4 Å². The van der Waals surface area contributed by atoms with E-state index in [9.17, 15) is 22.4 Å². The first-order valence-electron chi connectivity index (χ1n) is 8.90. The molecule has 3 heterocycles. The molecule has 1 aromatic carbocycles. The highest BCUT2D eigenvalue weighted by molar-refractivity contribution is 5.82. The molecule has 0 saturated carbocycles. The standard InChI is InChI=1S/C18H15F4N7O/c19-11-3-4-12-13(8-11)29-16(27-28-17(29)30)15(26-12)24-7-1-6-23-14-5-2-10(9-25-14)18(20,21)22/h2-5,8-9H,1,6-7H2,(H,23,25)(H,24,26)(H,28,30). The van der Waals surface area contributed by atoms with Crippen LogP contribution in [-0.2, 0) is 6.18 Å². The number of nitrogens with one attached hydrogen (secondary N) is 3. The first-order chi connectivity index (χ1) is 14.3. The van der Waals surface area contributed by atoms with Crippen LogP contribution < -0.4 is 16.3 Å². The molecule has 0 atom stereocenters. The maximum absolute atomic E-state index is 13.6. The average molecular weight is 421 g/mol. The Labute approximate surface area is 166 Å². The van der Waals surface area contributed by atoms with Crippen LogP contribution in [0.5, 0.6) is 0 Å². The second-order valence-electron chi connectivity index (χ2n) is 6.42. The lowest BCUT2D eigenvalue weighted by molar-refractivity contribution is -0.137. The first kappa shape index (κ1) is 19.6. The molecule has 0 aliphatic rings. The van der Waals surface area contributed by atoms with Crippen molar-refractivity contribution in [2.24, 2.45) is 0 Å². The van der Waals surface area contributed by atoms with Crippen LogP contribution in [0.15, 0.2) is 41.3 Å². The van der Waals surface area contributed by atoms with Gasteiger partial charge in [0.25, 0.3) is 0 Å². The molecule has 0 aliphatic carbocycles. The van der Waals surface area contributed by atoms with E-state index in [0.717, 1.165) is 12.3 Å². The van der Waals surface area contributed by atoms with Crippen molar-refractivity contribution < 1.29 is 17.6 Å². The van der Waals surface area contributed by atoms with Crippen molar-refractivity contribution >= 4 is 28.3 Å². The van der Waals surface area contributed by atoms with Gasteiger partial charge in [-0.2, -0.15) is 13.2 Å². The summed E-state index contributed by atoms with van der Waals surface area (Å²) in [5.74, 6) is 0.178. The van der Waals surface area contributed by atoms with Crippen LogP contribution in [0.3, 0.4) is 0 Å². The number of alkyl halides is 3. The van der Waals surface area contributed by atoms with Gasteiger partial charge in [-0.3, -0.25) is 0 Å². The van der Waals surface area contributed by atoms with Crippen LogP contribution in [0, 0.1) is 5.82 Å². The maximum atomic E-state index is 13.6. The molecule has 3 N–H and O–H groups in total. The number of benzene rings is 1. The molecule has 0 fully saturated rings. The van der Waals surface area contributed by atoms with E-state index in [1.807, 2.05) is 0 Å². The number of nitrogens with zero attached hydrogens (tertiary/aromatic N) is 4. The fraction of sp³-hybridized carbons (Fsp3) is 0.222. The minimum absolute atomic E-state index is 0.232. The molecule has 3 aromatic heterocycles. The molecule has 12 heteroatoms. The number of hydrogen-bond acceptors (Lipinski definition) is 6. The second kappa shape index (κ2) is 7.61. The number of aromatic amines is 1. The van der Waals surface area contributed by atoms with Crippen molar-refractivity contribution in [1.29, 1.82) is 0 Å². The van der Waals surface area contributed by atoms with Gasteiger partial charge in [-0.1, -0.05) is 0 Å². The Morgan fingerprint density at radius 1 is 1.10 bits per heavy atom. The number of anilines is 2. The number of pyridine rings is 1. The summed E-state index contributed by atoms with van der Waals surface area (Å²) in [6, 6.07) is 6.14. The number of rotatable bonds is 6. The minimum atomic E-state index is -4.42. The number of H-pyrrole nitrogens is 1. The van der Waals surface area contributed by atoms with E-state index in [4.69, 9.17) is 0 Å². The molecular weight excluding hydrogens is 406 g/mol. The molecule has 0 unspecified atom stereocenters. The van der Waals surface area contributed by atoms with Gasteiger partial charge < -0.3 is 10.6 Å². The second-order valence-corrected chi connectivity index (χ2v) is 6.42. The van der Waals surface area contributed by atoms with Crippen LogP contribution in [-0.4, -0.2) is 37.7 Å². The third-order valence-electron chi connectivity index (χ3n) is 4.34. The van der Waals surface area contributed by atoms with Gasteiger partial charge in [0, 0.05) is 25.4 Å². The molecule has 4 rings (SSSR count). The number of fused-ring (bicyclic) bond motifs is 3. The summed E-state index contributed by atoms with van der Waals surface area (Å²) < 4.78 is 52.4. The topological polar surface area (TPSA) is 100 Å². The molecule has 0 radical (unpaired) electrons. The molecule has 30 heavy (non-hydrogen) atoms. The van der Waals surface area contributed by atoms with E-state index in [-0.39, 0.29) is 5.65 Å². The largest absolute Gasteiger partial charge is 0.417 e. The summed E-state index contributed by atoms with van der Waals surface area (Å²) in [6.07, 6.45) is -3.07. The lowest BCUT2D eigenvalue weighted by atomic mass is 10.3. The molecule has 8 nitrogen and oxygen atoms in total. The van der Waals surface area contributed by atoms with Gasteiger partial charge in [0.05, 0.1) is 16.6 Å². The predicted molar refractivity (Wildman–Crippen MR) is 102 cm³/mol. The van der Waals surface area contributed by atoms with E-state index in [1.165, 1.54) is 28.7 Å².